The zero-order chi connectivity index (χ0) is 18.1. The Balaban J connectivity index is 1.79. The van der Waals surface area contributed by atoms with Crippen LogP contribution < -0.4 is 10.9 Å². The molecule has 128 valence electrons. The number of amides is 1. The summed E-state index contributed by atoms with van der Waals surface area (Å²) in [4.78, 5) is 25.3. The molecule has 0 saturated carbocycles. The number of H-pyrrole nitrogens is 1. The van der Waals surface area contributed by atoms with Gasteiger partial charge in [0.25, 0.3) is 11.5 Å². The molecular formula is C19H15N5O2. The van der Waals surface area contributed by atoms with E-state index >= 15 is 0 Å². The molecule has 4 aromatic rings. The van der Waals surface area contributed by atoms with Gasteiger partial charge in [-0.2, -0.15) is 0 Å². The van der Waals surface area contributed by atoms with Gasteiger partial charge in [-0.3, -0.25) is 14.7 Å². The standard InChI is InChI=1S/C19H15N5O2/c1-12-15-17(23-24(19(15)26)14-10-6-3-7-11-14)22-21-16(12)18(25)20-13-8-4-2-5-9-13/h2-11H,1H3,(H,20,25)(H,22,23). The fourth-order valence-corrected chi connectivity index (χ4v) is 2.82. The fourth-order valence-electron chi connectivity index (χ4n) is 2.82. The van der Waals surface area contributed by atoms with Crippen molar-refractivity contribution in [3.8, 4) is 5.69 Å². The second-order valence-electron chi connectivity index (χ2n) is 5.81. The van der Waals surface area contributed by atoms with Gasteiger partial charge in [0.05, 0.1) is 11.1 Å². The van der Waals surface area contributed by atoms with Crippen molar-refractivity contribution in [3.63, 3.8) is 0 Å². The van der Waals surface area contributed by atoms with E-state index in [4.69, 9.17) is 0 Å². The number of anilines is 1. The van der Waals surface area contributed by atoms with Crippen LogP contribution in [0.25, 0.3) is 16.7 Å². The van der Waals surface area contributed by atoms with Crippen molar-refractivity contribution in [1.82, 2.24) is 20.0 Å². The first-order valence-electron chi connectivity index (χ1n) is 8.05. The molecule has 7 nitrogen and oxygen atoms in total. The maximum atomic E-state index is 12.8. The average molecular weight is 345 g/mol. The third-order valence-corrected chi connectivity index (χ3v) is 4.11. The zero-order valence-corrected chi connectivity index (χ0v) is 13.9. The number of hydrogen-bond acceptors (Lipinski definition) is 4. The number of nitrogens with zero attached hydrogens (tertiary/aromatic N) is 3. The van der Waals surface area contributed by atoms with Crippen molar-refractivity contribution in [1.29, 1.82) is 0 Å². The van der Waals surface area contributed by atoms with Crippen LogP contribution in [0, 0.1) is 6.92 Å². The molecule has 0 bridgehead atoms. The van der Waals surface area contributed by atoms with Gasteiger partial charge in [-0.15, -0.1) is 10.2 Å². The van der Waals surface area contributed by atoms with Crippen LogP contribution in [0.3, 0.4) is 0 Å². The molecule has 0 saturated heterocycles. The molecule has 0 aliphatic carbocycles. The maximum absolute atomic E-state index is 12.8. The van der Waals surface area contributed by atoms with Crippen LogP contribution in [0.1, 0.15) is 16.1 Å². The molecule has 0 radical (unpaired) electrons. The van der Waals surface area contributed by atoms with Crippen LogP contribution in [-0.4, -0.2) is 25.9 Å². The molecule has 2 N–H and O–H groups in total. The number of rotatable bonds is 3. The molecule has 0 atom stereocenters. The van der Waals surface area contributed by atoms with Crippen molar-refractivity contribution < 1.29 is 4.79 Å². The predicted octanol–water partition coefficient (Wildman–Crippen LogP) is 2.67. The number of aromatic nitrogens is 4. The summed E-state index contributed by atoms with van der Waals surface area (Å²) in [6, 6.07) is 18.2. The predicted molar refractivity (Wildman–Crippen MR) is 98.6 cm³/mol. The Hall–Kier alpha value is -3.74. The van der Waals surface area contributed by atoms with Gasteiger partial charge < -0.3 is 5.32 Å². The molecule has 0 aliphatic heterocycles. The summed E-state index contributed by atoms with van der Waals surface area (Å²) in [7, 11) is 0. The van der Waals surface area contributed by atoms with Gasteiger partial charge in [-0.05, 0) is 36.8 Å². The third-order valence-electron chi connectivity index (χ3n) is 4.11. The molecule has 4 rings (SSSR count). The lowest BCUT2D eigenvalue weighted by molar-refractivity contribution is 0.102. The van der Waals surface area contributed by atoms with Crippen molar-refractivity contribution in [2.24, 2.45) is 0 Å². The van der Waals surface area contributed by atoms with Gasteiger partial charge >= 0.3 is 0 Å². The van der Waals surface area contributed by atoms with Gasteiger partial charge in [0.15, 0.2) is 11.3 Å². The number of hydrogen-bond donors (Lipinski definition) is 2. The van der Waals surface area contributed by atoms with E-state index in [1.165, 1.54) is 4.68 Å². The first-order chi connectivity index (χ1) is 12.6. The number of carbonyl (C=O) groups is 1. The summed E-state index contributed by atoms with van der Waals surface area (Å²) < 4.78 is 1.39. The molecule has 1 amide bonds. The van der Waals surface area contributed by atoms with Crippen LogP contribution in [0.2, 0.25) is 0 Å². The Labute approximate surface area is 148 Å². The van der Waals surface area contributed by atoms with E-state index in [-0.39, 0.29) is 11.3 Å². The first-order valence-corrected chi connectivity index (χ1v) is 8.05. The van der Waals surface area contributed by atoms with Gasteiger partial charge in [-0.1, -0.05) is 36.4 Å². The second-order valence-corrected chi connectivity index (χ2v) is 5.81. The zero-order valence-electron chi connectivity index (χ0n) is 13.9. The number of aromatic amines is 1. The highest BCUT2D eigenvalue weighted by molar-refractivity contribution is 6.05. The Morgan fingerprint density at radius 3 is 2.35 bits per heavy atom. The fraction of sp³-hybridized carbons (Fsp3) is 0.0526. The van der Waals surface area contributed by atoms with Crippen molar-refractivity contribution in [2.75, 3.05) is 5.32 Å². The van der Waals surface area contributed by atoms with Crippen LogP contribution in [-0.2, 0) is 0 Å². The third kappa shape index (κ3) is 2.65. The highest BCUT2D eigenvalue weighted by atomic mass is 16.2. The number of benzene rings is 2. The minimum atomic E-state index is -0.407. The lowest BCUT2D eigenvalue weighted by Gasteiger charge is -2.06. The van der Waals surface area contributed by atoms with E-state index in [9.17, 15) is 9.59 Å². The molecule has 2 aromatic carbocycles. The number of aryl methyl sites for hydroxylation is 1. The summed E-state index contributed by atoms with van der Waals surface area (Å²) in [5.74, 6) is -0.407. The molecule has 2 heterocycles. The summed E-state index contributed by atoms with van der Waals surface area (Å²) in [6.07, 6.45) is 0. The van der Waals surface area contributed by atoms with Gasteiger partial charge in [0.2, 0.25) is 0 Å². The molecule has 0 fully saturated rings. The minimum Gasteiger partial charge on any atom is -0.321 e. The molecule has 0 unspecified atom stereocenters. The number of nitrogens with one attached hydrogen (secondary N) is 2. The highest BCUT2D eigenvalue weighted by Gasteiger charge is 2.19. The van der Waals surface area contributed by atoms with Crippen LogP contribution in [0.15, 0.2) is 65.5 Å². The molecule has 7 heteroatoms. The Morgan fingerprint density at radius 2 is 1.65 bits per heavy atom. The smallest absolute Gasteiger partial charge is 0.281 e. The molecule has 26 heavy (non-hydrogen) atoms. The topological polar surface area (TPSA) is 92.7 Å². The Morgan fingerprint density at radius 1 is 1.00 bits per heavy atom. The van der Waals surface area contributed by atoms with Gasteiger partial charge in [0.1, 0.15) is 0 Å². The van der Waals surface area contributed by atoms with E-state index in [1.54, 1.807) is 19.1 Å². The van der Waals surface area contributed by atoms with E-state index in [0.29, 0.717) is 28.0 Å². The lowest BCUT2D eigenvalue weighted by Crippen LogP contribution is -2.18. The Kier molecular flexibility index (Phi) is 3.81. The summed E-state index contributed by atoms with van der Waals surface area (Å²) >= 11 is 0. The highest BCUT2D eigenvalue weighted by Crippen LogP contribution is 2.16. The largest absolute Gasteiger partial charge is 0.321 e. The monoisotopic (exact) mass is 345 g/mol. The van der Waals surface area contributed by atoms with Crippen LogP contribution in [0.5, 0.6) is 0 Å². The molecule has 2 aromatic heterocycles. The molecular weight excluding hydrogens is 330 g/mol. The number of carbonyl (C=O) groups excluding carboxylic acids is 1. The Bertz CT molecular complexity index is 1150. The van der Waals surface area contributed by atoms with E-state index in [0.717, 1.165) is 0 Å². The lowest BCUT2D eigenvalue weighted by atomic mass is 10.1. The van der Waals surface area contributed by atoms with E-state index in [2.05, 4.69) is 20.6 Å². The normalized spacial score (nSPS) is 10.8. The van der Waals surface area contributed by atoms with Crippen LogP contribution in [0.4, 0.5) is 5.69 Å². The quantitative estimate of drug-likeness (QED) is 0.597. The summed E-state index contributed by atoms with van der Waals surface area (Å²) in [5.41, 5.74) is 2.01. The first kappa shape index (κ1) is 15.8. The van der Waals surface area contributed by atoms with E-state index < -0.39 is 5.91 Å². The second kappa shape index (κ2) is 6.29. The summed E-state index contributed by atoms with van der Waals surface area (Å²) in [6.45, 7) is 1.70. The molecule has 0 aliphatic rings. The van der Waals surface area contributed by atoms with Gasteiger partial charge in [-0.25, -0.2) is 4.68 Å². The van der Waals surface area contributed by atoms with Crippen molar-refractivity contribution in [2.45, 2.75) is 6.92 Å². The average Bonchev–Trinajstić information content (AvgIpc) is 3.01. The van der Waals surface area contributed by atoms with E-state index in [1.807, 2.05) is 48.5 Å². The van der Waals surface area contributed by atoms with Crippen molar-refractivity contribution in [3.05, 3.63) is 82.3 Å². The van der Waals surface area contributed by atoms with Gasteiger partial charge in [0, 0.05) is 5.69 Å². The summed E-state index contributed by atoms with van der Waals surface area (Å²) in [5, 5.41) is 14.1. The number of fused-ring (bicyclic) bond motifs is 1. The molecule has 0 spiro atoms. The minimum absolute atomic E-state index is 0.123. The van der Waals surface area contributed by atoms with Crippen molar-refractivity contribution >= 4 is 22.6 Å². The van der Waals surface area contributed by atoms with Crippen LogP contribution >= 0.6 is 0 Å². The maximum Gasteiger partial charge on any atom is 0.281 e. The number of para-hydroxylation sites is 2. The SMILES string of the molecule is Cc1c(C(=O)Nc2ccccc2)nnc2[nH]n(-c3ccccc3)c(=O)c12.